The molecule has 0 fully saturated rings. The van der Waals surface area contributed by atoms with Crippen molar-refractivity contribution in [2.75, 3.05) is 5.32 Å². The average molecular weight is 340 g/mol. The molecule has 0 aliphatic carbocycles. The molecule has 2 aromatic heterocycles. The summed E-state index contributed by atoms with van der Waals surface area (Å²) in [6, 6.07) is 8.23. The number of hydrogen-bond donors (Lipinski definition) is 1. The minimum atomic E-state index is -0.249. The standard InChI is InChI=1S/C19H21FN4O/c1-11(2)25-18-9-16-17(10-21-18)23-13(4)24-19(16)22-12(3)14-5-7-15(20)8-6-14/h5-12H,1-4H3,(H,22,23,24)/t12-/m1/s1. The monoisotopic (exact) mass is 340 g/mol. The zero-order valence-corrected chi connectivity index (χ0v) is 14.7. The molecule has 1 N–H and O–H groups in total. The molecule has 0 spiro atoms. The molecule has 0 radical (unpaired) electrons. The molecule has 3 aromatic rings. The summed E-state index contributed by atoms with van der Waals surface area (Å²) in [5, 5.41) is 4.22. The first kappa shape index (κ1) is 17.1. The Kier molecular flexibility index (Phi) is 4.79. The fourth-order valence-electron chi connectivity index (χ4n) is 2.58. The Morgan fingerprint density at radius 2 is 1.80 bits per heavy atom. The summed E-state index contributed by atoms with van der Waals surface area (Å²) in [7, 11) is 0. The van der Waals surface area contributed by atoms with Gasteiger partial charge in [0.15, 0.2) is 0 Å². The lowest BCUT2D eigenvalue weighted by Crippen LogP contribution is -2.10. The Labute approximate surface area is 146 Å². The Morgan fingerprint density at radius 1 is 1.08 bits per heavy atom. The molecule has 6 heteroatoms. The normalized spacial score (nSPS) is 12.4. The second-order valence-electron chi connectivity index (χ2n) is 6.24. The van der Waals surface area contributed by atoms with E-state index in [1.807, 2.05) is 33.8 Å². The SMILES string of the molecule is Cc1nc(N[C@H](C)c2ccc(F)cc2)c2cc(OC(C)C)ncc2n1. The Bertz CT molecular complexity index is 880. The van der Waals surface area contributed by atoms with Gasteiger partial charge in [0, 0.05) is 17.5 Å². The number of nitrogens with zero attached hydrogens (tertiary/aromatic N) is 3. The molecule has 1 aromatic carbocycles. The number of ether oxygens (including phenoxy) is 1. The first-order valence-electron chi connectivity index (χ1n) is 8.25. The van der Waals surface area contributed by atoms with Gasteiger partial charge < -0.3 is 10.1 Å². The second kappa shape index (κ2) is 7.01. The van der Waals surface area contributed by atoms with Gasteiger partial charge in [0.25, 0.3) is 0 Å². The van der Waals surface area contributed by atoms with Crippen LogP contribution in [0, 0.1) is 12.7 Å². The summed E-state index contributed by atoms with van der Waals surface area (Å²) in [5.41, 5.74) is 1.72. The number of halogens is 1. The van der Waals surface area contributed by atoms with Crippen molar-refractivity contribution in [2.45, 2.75) is 39.8 Å². The first-order chi connectivity index (χ1) is 11.9. The van der Waals surface area contributed by atoms with Gasteiger partial charge in [-0.15, -0.1) is 0 Å². The van der Waals surface area contributed by atoms with Crippen molar-refractivity contribution in [3.63, 3.8) is 0 Å². The number of nitrogens with one attached hydrogen (secondary N) is 1. The number of fused-ring (bicyclic) bond motifs is 1. The van der Waals surface area contributed by atoms with E-state index in [1.165, 1.54) is 12.1 Å². The highest BCUT2D eigenvalue weighted by Crippen LogP contribution is 2.27. The first-order valence-corrected chi connectivity index (χ1v) is 8.25. The summed E-state index contributed by atoms with van der Waals surface area (Å²) >= 11 is 0. The van der Waals surface area contributed by atoms with Gasteiger partial charge in [-0.3, -0.25) is 0 Å². The van der Waals surface area contributed by atoms with Crippen LogP contribution < -0.4 is 10.1 Å². The highest BCUT2D eigenvalue weighted by atomic mass is 19.1. The third-order valence-electron chi connectivity index (χ3n) is 3.75. The Hall–Kier alpha value is -2.76. The van der Waals surface area contributed by atoms with Gasteiger partial charge in [-0.1, -0.05) is 12.1 Å². The lowest BCUT2D eigenvalue weighted by Gasteiger charge is -2.17. The van der Waals surface area contributed by atoms with E-state index in [-0.39, 0.29) is 18.0 Å². The largest absolute Gasteiger partial charge is 0.475 e. The molecule has 0 aliphatic rings. The molecule has 5 nitrogen and oxygen atoms in total. The van der Waals surface area contributed by atoms with E-state index in [1.54, 1.807) is 18.3 Å². The van der Waals surface area contributed by atoms with Crippen LogP contribution in [0.5, 0.6) is 5.88 Å². The molecule has 0 saturated heterocycles. The minimum Gasteiger partial charge on any atom is -0.475 e. The number of benzene rings is 1. The van der Waals surface area contributed by atoms with Crippen LogP contribution in [0.3, 0.4) is 0 Å². The van der Waals surface area contributed by atoms with E-state index in [0.29, 0.717) is 17.5 Å². The molecule has 1 atom stereocenters. The summed E-state index contributed by atoms with van der Waals surface area (Å²) in [6.07, 6.45) is 1.72. The highest BCUT2D eigenvalue weighted by Gasteiger charge is 2.13. The van der Waals surface area contributed by atoms with E-state index >= 15 is 0 Å². The van der Waals surface area contributed by atoms with Crippen molar-refractivity contribution >= 4 is 16.7 Å². The van der Waals surface area contributed by atoms with Gasteiger partial charge in [0.2, 0.25) is 5.88 Å². The average Bonchev–Trinajstić information content (AvgIpc) is 2.55. The summed E-state index contributed by atoms with van der Waals surface area (Å²) < 4.78 is 18.8. The van der Waals surface area contributed by atoms with Crippen molar-refractivity contribution in [3.8, 4) is 5.88 Å². The number of rotatable bonds is 5. The second-order valence-corrected chi connectivity index (χ2v) is 6.24. The fraction of sp³-hybridized carbons (Fsp3) is 0.316. The number of pyridine rings is 1. The van der Waals surface area contributed by atoms with Gasteiger partial charge in [0.05, 0.1) is 17.8 Å². The Balaban J connectivity index is 1.97. The summed E-state index contributed by atoms with van der Waals surface area (Å²) in [6.45, 7) is 7.75. The van der Waals surface area contributed by atoms with Crippen LogP contribution >= 0.6 is 0 Å². The van der Waals surface area contributed by atoms with Crippen LogP contribution in [0.15, 0.2) is 36.5 Å². The van der Waals surface area contributed by atoms with Gasteiger partial charge >= 0.3 is 0 Å². The fourth-order valence-corrected chi connectivity index (χ4v) is 2.58. The lowest BCUT2D eigenvalue weighted by atomic mass is 10.1. The van der Waals surface area contributed by atoms with Crippen LogP contribution in [-0.4, -0.2) is 21.1 Å². The van der Waals surface area contributed by atoms with Crippen LogP contribution in [0.1, 0.15) is 38.2 Å². The van der Waals surface area contributed by atoms with Gasteiger partial charge in [-0.05, 0) is 45.4 Å². The number of anilines is 1. The molecular weight excluding hydrogens is 319 g/mol. The molecular formula is C19H21FN4O. The molecule has 0 amide bonds. The maximum absolute atomic E-state index is 13.1. The minimum absolute atomic E-state index is 0.0332. The van der Waals surface area contributed by atoms with E-state index in [0.717, 1.165) is 16.5 Å². The molecule has 2 heterocycles. The maximum Gasteiger partial charge on any atom is 0.214 e. The van der Waals surface area contributed by atoms with E-state index in [2.05, 4.69) is 20.3 Å². The number of aryl methyl sites for hydroxylation is 1. The van der Waals surface area contributed by atoms with Crippen molar-refractivity contribution in [1.82, 2.24) is 15.0 Å². The van der Waals surface area contributed by atoms with Crippen LogP contribution in [0.4, 0.5) is 10.2 Å². The molecule has 130 valence electrons. The molecule has 0 saturated carbocycles. The quantitative estimate of drug-likeness (QED) is 0.744. The van der Waals surface area contributed by atoms with E-state index in [9.17, 15) is 4.39 Å². The Morgan fingerprint density at radius 3 is 2.48 bits per heavy atom. The van der Waals surface area contributed by atoms with Crippen LogP contribution in [-0.2, 0) is 0 Å². The van der Waals surface area contributed by atoms with E-state index in [4.69, 9.17) is 4.74 Å². The predicted molar refractivity (Wildman–Crippen MR) is 96.3 cm³/mol. The van der Waals surface area contributed by atoms with Crippen molar-refractivity contribution in [2.24, 2.45) is 0 Å². The third-order valence-corrected chi connectivity index (χ3v) is 3.75. The van der Waals surface area contributed by atoms with Crippen molar-refractivity contribution in [3.05, 3.63) is 53.7 Å². The van der Waals surface area contributed by atoms with Crippen LogP contribution in [0.2, 0.25) is 0 Å². The number of aromatic nitrogens is 3. The lowest BCUT2D eigenvalue weighted by molar-refractivity contribution is 0.233. The van der Waals surface area contributed by atoms with Crippen molar-refractivity contribution in [1.29, 1.82) is 0 Å². The summed E-state index contributed by atoms with van der Waals surface area (Å²) in [5.74, 6) is 1.64. The molecule has 0 aliphatic heterocycles. The molecule has 3 rings (SSSR count). The number of hydrogen-bond acceptors (Lipinski definition) is 5. The zero-order chi connectivity index (χ0) is 18.0. The summed E-state index contributed by atoms with van der Waals surface area (Å²) in [4.78, 5) is 13.2. The predicted octanol–water partition coefficient (Wildman–Crippen LogP) is 4.43. The molecule has 0 bridgehead atoms. The van der Waals surface area contributed by atoms with Gasteiger partial charge in [-0.25, -0.2) is 19.3 Å². The molecule has 0 unspecified atom stereocenters. The third kappa shape index (κ3) is 4.02. The topological polar surface area (TPSA) is 59.9 Å². The highest BCUT2D eigenvalue weighted by molar-refractivity contribution is 5.89. The molecule has 25 heavy (non-hydrogen) atoms. The van der Waals surface area contributed by atoms with Crippen LogP contribution in [0.25, 0.3) is 10.9 Å². The van der Waals surface area contributed by atoms with Crippen molar-refractivity contribution < 1.29 is 9.13 Å². The maximum atomic E-state index is 13.1. The zero-order valence-electron chi connectivity index (χ0n) is 14.7. The van der Waals surface area contributed by atoms with E-state index < -0.39 is 0 Å². The van der Waals surface area contributed by atoms with Gasteiger partial charge in [-0.2, -0.15) is 0 Å². The smallest absolute Gasteiger partial charge is 0.214 e. The van der Waals surface area contributed by atoms with Gasteiger partial charge in [0.1, 0.15) is 17.5 Å².